The summed E-state index contributed by atoms with van der Waals surface area (Å²) in [5.41, 5.74) is 5.73. The Balaban J connectivity index is 2.56. The third-order valence-electron chi connectivity index (χ3n) is 3.66. The number of likely N-dealkylation sites (tertiary alicyclic amines) is 1. The summed E-state index contributed by atoms with van der Waals surface area (Å²) in [6, 6.07) is 0.370. The Hall–Kier alpha value is -0.610. The van der Waals surface area contributed by atoms with Gasteiger partial charge >= 0.3 is 0 Å². The van der Waals surface area contributed by atoms with Crippen LogP contribution in [-0.2, 0) is 4.79 Å². The van der Waals surface area contributed by atoms with Crippen molar-refractivity contribution in [1.82, 2.24) is 10.2 Å². The Morgan fingerprint density at radius 1 is 1.44 bits per heavy atom. The maximum atomic E-state index is 12.0. The molecule has 18 heavy (non-hydrogen) atoms. The van der Waals surface area contributed by atoms with Crippen LogP contribution >= 0.6 is 0 Å². The van der Waals surface area contributed by atoms with E-state index in [-0.39, 0.29) is 11.4 Å². The van der Waals surface area contributed by atoms with Crippen LogP contribution in [0.5, 0.6) is 0 Å². The molecule has 4 nitrogen and oxygen atoms in total. The van der Waals surface area contributed by atoms with E-state index in [4.69, 9.17) is 5.73 Å². The molecule has 3 N–H and O–H groups in total. The quantitative estimate of drug-likeness (QED) is 0.797. The summed E-state index contributed by atoms with van der Waals surface area (Å²) in [6.45, 7) is 10.4. The average molecular weight is 255 g/mol. The smallest absolute Gasteiger partial charge is 0.234 e. The highest BCUT2D eigenvalue weighted by atomic mass is 16.2. The third kappa shape index (κ3) is 4.58. The largest absolute Gasteiger partial charge is 0.350 e. The van der Waals surface area contributed by atoms with Crippen molar-refractivity contribution in [3.8, 4) is 0 Å². The summed E-state index contributed by atoms with van der Waals surface area (Å²) in [6.07, 6.45) is 3.58. The molecule has 1 aliphatic rings. The second kappa shape index (κ2) is 6.53. The molecule has 0 aromatic carbocycles. The summed E-state index contributed by atoms with van der Waals surface area (Å²) in [5, 5.41) is 3.02. The van der Waals surface area contributed by atoms with Gasteiger partial charge in [-0.3, -0.25) is 9.69 Å². The predicted octanol–water partition coefficient (Wildman–Crippen LogP) is 1.35. The topological polar surface area (TPSA) is 58.4 Å². The summed E-state index contributed by atoms with van der Waals surface area (Å²) in [4.78, 5) is 14.3. The fourth-order valence-corrected chi connectivity index (χ4v) is 2.87. The van der Waals surface area contributed by atoms with Gasteiger partial charge in [-0.2, -0.15) is 0 Å². The lowest BCUT2D eigenvalue weighted by molar-refractivity contribution is -0.124. The zero-order valence-electron chi connectivity index (χ0n) is 12.3. The van der Waals surface area contributed by atoms with Crippen molar-refractivity contribution >= 4 is 5.91 Å². The van der Waals surface area contributed by atoms with Gasteiger partial charge < -0.3 is 11.1 Å². The fraction of sp³-hybridized carbons (Fsp3) is 0.929. The van der Waals surface area contributed by atoms with Crippen LogP contribution in [0.25, 0.3) is 0 Å². The number of carbonyl (C=O) groups is 1. The Kier molecular flexibility index (Phi) is 5.60. The van der Waals surface area contributed by atoms with Gasteiger partial charge in [0.05, 0.1) is 6.54 Å². The number of rotatable bonds is 4. The monoisotopic (exact) mass is 255 g/mol. The van der Waals surface area contributed by atoms with Gasteiger partial charge in [0.1, 0.15) is 0 Å². The van der Waals surface area contributed by atoms with Crippen molar-refractivity contribution in [1.29, 1.82) is 0 Å². The lowest BCUT2D eigenvalue weighted by Gasteiger charge is -2.40. The second-order valence-electron chi connectivity index (χ2n) is 6.38. The van der Waals surface area contributed by atoms with E-state index in [2.05, 4.69) is 17.1 Å². The minimum absolute atomic E-state index is 0.109. The first kappa shape index (κ1) is 15.4. The van der Waals surface area contributed by atoms with Gasteiger partial charge in [-0.15, -0.1) is 0 Å². The Morgan fingerprint density at radius 3 is 2.61 bits per heavy atom. The van der Waals surface area contributed by atoms with Gasteiger partial charge in [-0.25, -0.2) is 0 Å². The molecule has 1 rings (SSSR count). The molecule has 1 amide bonds. The van der Waals surface area contributed by atoms with Gasteiger partial charge in [-0.1, -0.05) is 13.3 Å². The predicted molar refractivity (Wildman–Crippen MR) is 75.3 cm³/mol. The number of nitrogens with two attached hydrogens (primary N) is 1. The van der Waals surface area contributed by atoms with E-state index in [1.54, 1.807) is 0 Å². The maximum absolute atomic E-state index is 12.0. The van der Waals surface area contributed by atoms with Crippen molar-refractivity contribution in [2.45, 2.75) is 58.5 Å². The molecule has 1 aliphatic heterocycles. The summed E-state index contributed by atoms with van der Waals surface area (Å²) in [5.74, 6) is 0.754. The number of piperidine rings is 1. The van der Waals surface area contributed by atoms with E-state index in [9.17, 15) is 4.79 Å². The molecule has 1 heterocycles. The van der Waals surface area contributed by atoms with Crippen molar-refractivity contribution in [2.75, 3.05) is 19.6 Å². The SMILES string of the molecule is CCC1CCCN(CC(=O)NC(C)(C)C)C1CN. The zero-order valence-corrected chi connectivity index (χ0v) is 12.3. The Bertz CT molecular complexity index is 273. The third-order valence-corrected chi connectivity index (χ3v) is 3.66. The van der Waals surface area contributed by atoms with E-state index < -0.39 is 0 Å². The van der Waals surface area contributed by atoms with Crippen LogP contribution < -0.4 is 11.1 Å². The molecule has 0 aromatic rings. The summed E-state index contributed by atoms with van der Waals surface area (Å²) >= 11 is 0. The normalized spacial score (nSPS) is 26.1. The molecule has 0 bridgehead atoms. The molecule has 0 aromatic heterocycles. The molecular formula is C14H29N3O. The van der Waals surface area contributed by atoms with Crippen LogP contribution in [0.3, 0.4) is 0 Å². The van der Waals surface area contributed by atoms with Gasteiger partial charge in [0.15, 0.2) is 0 Å². The van der Waals surface area contributed by atoms with Gasteiger partial charge in [0.2, 0.25) is 5.91 Å². The van der Waals surface area contributed by atoms with Crippen molar-refractivity contribution in [3.05, 3.63) is 0 Å². The molecule has 2 atom stereocenters. The number of nitrogens with zero attached hydrogens (tertiary/aromatic N) is 1. The lowest BCUT2D eigenvalue weighted by atomic mass is 9.87. The molecule has 0 aliphatic carbocycles. The fourth-order valence-electron chi connectivity index (χ4n) is 2.87. The standard InChI is InChI=1S/C14H29N3O/c1-5-11-7-6-8-17(12(11)9-15)10-13(18)16-14(2,3)4/h11-12H,5-10,15H2,1-4H3,(H,16,18). The van der Waals surface area contributed by atoms with Crippen LogP contribution in [0.1, 0.15) is 47.0 Å². The van der Waals surface area contributed by atoms with Crippen LogP contribution in [-0.4, -0.2) is 42.0 Å². The van der Waals surface area contributed by atoms with Gasteiger partial charge in [0, 0.05) is 18.1 Å². The summed E-state index contributed by atoms with van der Waals surface area (Å²) in [7, 11) is 0. The van der Waals surface area contributed by atoms with Crippen LogP contribution in [0.15, 0.2) is 0 Å². The lowest BCUT2D eigenvalue weighted by Crippen LogP contribution is -2.54. The van der Waals surface area contributed by atoms with E-state index >= 15 is 0 Å². The molecule has 0 radical (unpaired) electrons. The molecule has 106 valence electrons. The highest BCUT2D eigenvalue weighted by Crippen LogP contribution is 2.25. The van der Waals surface area contributed by atoms with E-state index in [0.717, 1.165) is 13.0 Å². The Labute approximate surface area is 111 Å². The average Bonchev–Trinajstić information content (AvgIpc) is 2.25. The molecule has 1 saturated heterocycles. The Morgan fingerprint density at radius 2 is 2.11 bits per heavy atom. The van der Waals surface area contributed by atoms with Crippen molar-refractivity contribution in [3.63, 3.8) is 0 Å². The molecular weight excluding hydrogens is 226 g/mol. The number of hydrogen-bond acceptors (Lipinski definition) is 3. The first-order valence-corrected chi connectivity index (χ1v) is 7.12. The molecule has 2 unspecified atom stereocenters. The maximum Gasteiger partial charge on any atom is 0.234 e. The zero-order chi connectivity index (χ0) is 13.8. The minimum Gasteiger partial charge on any atom is -0.350 e. The van der Waals surface area contributed by atoms with Crippen LogP contribution in [0.4, 0.5) is 0 Å². The summed E-state index contributed by atoms with van der Waals surface area (Å²) < 4.78 is 0. The number of amides is 1. The van der Waals surface area contributed by atoms with E-state index in [1.807, 2.05) is 20.8 Å². The van der Waals surface area contributed by atoms with E-state index in [1.165, 1.54) is 12.8 Å². The number of nitrogens with one attached hydrogen (secondary N) is 1. The van der Waals surface area contributed by atoms with Gasteiger partial charge in [-0.05, 0) is 46.1 Å². The minimum atomic E-state index is -0.158. The first-order chi connectivity index (χ1) is 8.37. The van der Waals surface area contributed by atoms with Crippen molar-refractivity contribution in [2.24, 2.45) is 11.7 Å². The molecule has 4 heteroatoms. The number of hydrogen-bond donors (Lipinski definition) is 2. The van der Waals surface area contributed by atoms with Crippen molar-refractivity contribution < 1.29 is 4.79 Å². The van der Waals surface area contributed by atoms with Crippen LogP contribution in [0, 0.1) is 5.92 Å². The molecule has 0 spiro atoms. The number of carbonyl (C=O) groups excluding carboxylic acids is 1. The molecule has 1 fully saturated rings. The highest BCUT2D eigenvalue weighted by molar-refractivity contribution is 5.78. The van der Waals surface area contributed by atoms with E-state index in [0.29, 0.717) is 25.0 Å². The van der Waals surface area contributed by atoms with Gasteiger partial charge in [0.25, 0.3) is 0 Å². The second-order valence-corrected chi connectivity index (χ2v) is 6.38. The van der Waals surface area contributed by atoms with Crippen LogP contribution in [0.2, 0.25) is 0 Å². The molecule has 0 saturated carbocycles. The first-order valence-electron chi connectivity index (χ1n) is 7.12. The highest BCUT2D eigenvalue weighted by Gasteiger charge is 2.30.